The fraction of sp³-hybridized carbons (Fsp3) is 0.429. The minimum Gasteiger partial charge on any atom is -0.347 e. The first-order valence-corrected chi connectivity index (χ1v) is 6.47. The molecule has 2 N–H and O–H groups in total. The van der Waals surface area contributed by atoms with Crippen LogP contribution in [0.25, 0.3) is 10.9 Å². The summed E-state index contributed by atoms with van der Waals surface area (Å²) in [5.41, 5.74) is 8.16. The number of hydrogen-bond donors (Lipinski definition) is 1. The zero-order valence-electron chi connectivity index (χ0n) is 10.4. The Morgan fingerprint density at radius 2 is 2.12 bits per heavy atom. The van der Waals surface area contributed by atoms with Crippen molar-refractivity contribution in [3.05, 3.63) is 35.0 Å². The van der Waals surface area contributed by atoms with Crippen molar-refractivity contribution in [1.29, 1.82) is 0 Å². The Hall–Kier alpha value is -0.990. The van der Waals surface area contributed by atoms with Gasteiger partial charge in [-0.1, -0.05) is 31.5 Å². The molecule has 0 fully saturated rings. The smallest absolute Gasteiger partial charge is 0.0498 e. The van der Waals surface area contributed by atoms with E-state index in [2.05, 4.69) is 30.7 Å². The van der Waals surface area contributed by atoms with Gasteiger partial charge in [-0.05, 0) is 30.0 Å². The van der Waals surface area contributed by atoms with Crippen LogP contribution in [0, 0.1) is 5.92 Å². The number of nitrogens with two attached hydrogens (primary N) is 1. The molecule has 2 rings (SSSR count). The summed E-state index contributed by atoms with van der Waals surface area (Å²) in [6, 6.07) is 6.01. The molecule has 92 valence electrons. The number of aromatic nitrogens is 1. The molecule has 0 aliphatic carbocycles. The lowest BCUT2D eigenvalue weighted by Crippen LogP contribution is -2.00. The molecule has 0 amide bonds. The average Bonchev–Trinajstić information content (AvgIpc) is 2.63. The maximum Gasteiger partial charge on any atom is 0.0498 e. The summed E-state index contributed by atoms with van der Waals surface area (Å²) >= 11 is 6.06. The van der Waals surface area contributed by atoms with E-state index in [1.54, 1.807) is 0 Å². The lowest BCUT2D eigenvalue weighted by molar-refractivity contribution is 0.524. The lowest BCUT2D eigenvalue weighted by atomic mass is 10.1. The van der Waals surface area contributed by atoms with Crippen molar-refractivity contribution < 1.29 is 0 Å². The van der Waals surface area contributed by atoms with E-state index >= 15 is 0 Å². The van der Waals surface area contributed by atoms with Gasteiger partial charge in [0.1, 0.15) is 0 Å². The quantitative estimate of drug-likeness (QED) is 0.879. The number of hydrogen-bond acceptors (Lipinski definition) is 1. The van der Waals surface area contributed by atoms with Gasteiger partial charge in [-0.2, -0.15) is 0 Å². The molecular weight excluding hydrogens is 232 g/mol. The molecule has 0 aliphatic heterocycles. The fourth-order valence-electron chi connectivity index (χ4n) is 2.09. The summed E-state index contributed by atoms with van der Waals surface area (Å²) in [4.78, 5) is 0. The number of fused-ring (bicyclic) bond motifs is 1. The van der Waals surface area contributed by atoms with Crippen LogP contribution in [0.3, 0.4) is 0 Å². The van der Waals surface area contributed by atoms with Gasteiger partial charge < -0.3 is 10.3 Å². The van der Waals surface area contributed by atoms with Gasteiger partial charge in [0.25, 0.3) is 0 Å². The van der Waals surface area contributed by atoms with Crippen molar-refractivity contribution in [2.24, 2.45) is 11.7 Å². The molecule has 17 heavy (non-hydrogen) atoms. The number of halogens is 1. The van der Waals surface area contributed by atoms with E-state index < -0.39 is 0 Å². The molecule has 1 aromatic heterocycles. The number of rotatable bonds is 4. The lowest BCUT2D eigenvalue weighted by Gasteiger charge is -2.07. The van der Waals surface area contributed by atoms with Gasteiger partial charge in [-0.15, -0.1) is 0 Å². The number of benzene rings is 1. The highest BCUT2D eigenvalue weighted by Crippen LogP contribution is 2.25. The minimum absolute atomic E-state index is 0.576. The first kappa shape index (κ1) is 12.5. The Morgan fingerprint density at radius 1 is 1.35 bits per heavy atom. The molecule has 0 spiro atoms. The molecule has 1 aromatic carbocycles. The van der Waals surface area contributed by atoms with Crippen LogP contribution in [-0.2, 0) is 13.1 Å². The third-order valence-electron chi connectivity index (χ3n) is 3.09. The van der Waals surface area contributed by atoms with E-state index in [0.717, 1.165) is 11.6 Å². The number of aryl methyl sites for hydroxylation is 1. The Bertz CT molecular complexity index is 514. The molecule has 0 saturated carbocycles. The van der Waals surface area contributed by atoms with Crippen LogP contribution in [0.15, 0.2) is 24.4 Å². The predicted molar refractivity (Wildman–Crippen MR) is 74.3 cm³/mol. The molecule has 0 unspecified atom stereocenters. The molecule has 2 nitrogen and oxygen atoms in total. The van der Waals surface area contributed by atoms with Crippen molar-refractivity contribution in [3.63, 3.8) is 0 Å². The SMILES string of the molecule is CC(C)CCn1cc(CN)c2ccc(Cl)cc21. The Labute approximate surface area is 107 Å². The predicted octanol–water partition coefficient (Wildman–Crippen LogP) is 3.80. The second kappa shape index (κ2) is 5.11. The van der Waals surface area contributed by atoms with Gasteiger partial charge in [0.2, 0.25) is 0 Å². The first-order valence-electron chi connectivity index (χ1n) is 6.09. The van der Waals surface area contributed by atoms with Crippen LogP contribution < -0.4 is 5.73 Å². The van der Waals surface area contributed by atoms with E-state index in [1.165, 1.54) is 22.9 Å². The molecule has 3 heteroatoms. The zero-order valence-corrected chi connectivity index (χ0v) is 11.2. The van der Waals surface area contributed by atoms with Gasteiger partial charge in [-0.25, -0.2) is 0 Å². The van der Waals surface area contributed by atoms with Gasteiger partial charge in [0, 0.05) is 35.2 Å². The molecule has 1 heterocycles. The van der Waals surface area contributed by atoms with E-state index in [-0.39, 0.29) is 0 Å². The maximum absolute atomic E-state index is 6.06. The highest BCUT2D eigenvalue weighted by atomic mass is 35.5. The second-order valence-electron chi connectivity index (χ2n) is 4.90. The number of nitrogens with zero attached hydrogens (tertiary/aromatic N) is 1. The monoisotopic (exact) mass is 250 g/mol. The third kappa shape index (κ3) is 2.64. The van der Waals surface area contributed by atoms with Crippen molar-refractivity contribution >= 4 is 22.5 Å². The summed E-state index contributed by atoms with van der Waals surface area (Å²) in [7, 11) is 0. The standard InChI is InChI=1S/C14H19ClN2/c1-10(2)5-6-17-9-11(8-16)13-4-3-12(15)7-14(13)17/h3-4,7,9-10H,5-6,8,16H2,1-2H3. The van der Waals surface area contributed by atoms with Crippen LogP contribution in [0.4, 0.5) is 0 Å². The first-order chi connectivity index (χ1) is 8.11. The Balaban J connectivity index is 2.43. The Kier molecular flexibility index (Phi) is 3.75. The van der Waals surface area contributed by atoms with Crippen LogP contribution in [0.5, 0.6) is 0 Å². The maximum atomic E-state index is 6.06. The van der Waals surface area contributed by atoms with Gasteiger partial charge in [-0.3, -0.25) is 0 Å². The van der Waals surface area contributed by atoms with Crippen molar-refractivity contribution in [2.45, 2.75) is 33.4 Å². The van der Waals surface area contributed by atoms with Crippen LogP contribution in [0.2, 0.25) is 5.02 Å². The molecular formula is C14H19ClN2. The normalized spacial score (nSPS) is 11.6. The average molecular weight is 251 g/mol. The van der Waals surface area contributed by atoms with E-state index in [4.69, 9.17) is 17.3 Å². The van der Waals surface area contributed by atoms with Crippen LogP contribution in [0.1, 0.15) is 25.8 Å². The summed E-state index contributed by atoms with van der Waals surface area (Å²) < 4.78 is 2.27. The van der Waals surface area contributed by atoms with E-state index in [1.807, 2.05) is 12.1 Å². The van der Waals surface area contributed by atoms with Gasteiger partial charge >= 0.3 is 0 Å². The highest BCUT2D eigenvalue weighted by Gasteiger charge is 2.08. The molecule has 0 saturated heterocycles. The topological polar surface area (TPSA) is 30.9 Å². The minimum atomic E-state index is 0.576. The third-order valence-corrected chi connectivity index (χ3v) is 3.33. The van der Waals surface area contributed by atoms with E-state index in [9.17, 15) is 0 Å². The van der Waals surface area contributed by atoms with Crippen LogP contribution in [-0.4, -0.2) is 4.57 Å². The zero-order chi connectivity index (χ0) is 12.4. The summed E-state index contributed by atoms with van der Waals surface area (Å²) in [6.07, 6.45) is 3.32. The fourth-order valence-corrected chi connectivity index (χ4v) is 2.25. The van der Waals surface area contributed by atoms with Crippen molar-refractivity contribution in [3.8, 4) is 0 Å². The van der Waals surface area contributed by atoms with Crippen molar-refractivity contribution in [1.82, 2.24) is 4.57 Å². The summed E-state index contributed by atoms with van der Waals surface area (Å²) in [5, 5.41) is 2.01. The van der Waals surface area contributed by atoms with Gasteiger partial charge in [0.05, 0.1) is 0 Å². The van der Waals surface area contributed by atoms with Crippen LogP contribution >= 0.6 is 11.6 Å². The van der Waals surface area contributed by atoms with E-state index in [0.29, 0.717) is 12.5 Å². The molecule has 0 aliphatic rings. The second-order valence-corrected chi connectivity index (χ2v) is 5.33. The summed E-state index contributed by atoms with van der Waals surface area (Å²) in [5.74, 6) is 0.702. The van der Waals surface area contributed by atoms with Crippen molar-refractivity contribution in [2.75, 3.05) is 0 Å². The molecule has 0 radical (unpaired) electrons. The largest absolute Gasteiger partial charge is 0.347 e. The Morgan fingerprint density at radius 3 is 2.76 bits per heavy atom. The van der Waals surface area contributed by atoms with Gasteiger partial charge in [0.15, 0.2) is 0 Å². The molecule has 0 bridgehead atoms. The summed E-state index contributed by atoms with van der Waals surface area (Å²) in [6.45, 7) is 6.08. The molecule has 0 atom stereocenters. The molecule has 2 aromatic rings. The highest BCUT2D eigenvalue weighted by molar-refractivity contribution is 6.31.